The molecule has 0 aromatic carbocycles. The normalized spacial score (nSPS) is 6.00. The van der Waals surface area contributed by atoms with Crippen LogP contribution in [0.1, 0.15) is 0 Å². The Morgan fingerprint density at radius 3 is 1.80 bits per heavy atom. The molecule has 0 aromatic heterocycles. The molecule has 0 atom stereocenters. The fourth-order valence-corrected chi connectivity index (χ4v) is 0. The van der Waals surface area contributed by atoms with E-state index in [0.29, 0.717) is 6.54 Å². The molecule has 0 rings (SSSR count). The van der Waals surface area contributed by atoms with Crippen molar-refractivity contribution in [3.8, 4) is 0 Å². The van der Waals surface area contributed by atoms with E-state index in [1.807, 2.05) is 0 Å². The molecule has 0 saturated carbocycles. The first-order valence-electron chi connectivity index (χ1n) is 1.22. The largest absolute Gasteiger partial charge is 0.395 e. The topological polar surface area (TPSA) is 46.2 Å². The predicted octanol–water partition coefficient (Wildman–Crippen LogP) is -1.44. The second kappa shape index (κ2) is 8.84. The molecule has 31 valence electrons. The standard InChI is InChI=1S/C2H7NO.Bi/c3-1-2-4;/h4H,1-3H2;. The van der Waals surface area contributed by atoms with E-state index in [2.05, 4.69) is 0 Å². The van der Waals surface area contributed by atoms with E-state index < -0.39 is 0 Å². The van der Waals surface area contributed by atoms with Gasteiger partial charge in [0.05, 0.1) is 6.61 Å². The molecule has 0 aliphatic rings. The van der Waals surface area contributed by atoms with Crippen LogP contribution in [0.15, 0.2) is 0 Å². The van der Waals surface area contributed by atoms with Gasteiger partial charge in [-0.2, -0.15) is 0 Å². The molecule has 0 aliphatic carbocycles. The summed E-state index contributed by atoms with van der Waals surface area (Å²) in [6, 6.07) is 0. The summed E-state index contributed by atoms with van der Waals surface area (Å²) in [4.78, 5) is 0. The Kier molecular flexibility index (Phi) is 16.4. The van der Waals surface area contributed by atoms with Crippen LogP contribution in [0.3, 0.4) is 0 Å². The van der Waals surface area contributed by atoms with Crippen LogP contribution in [0.25, 0.3) is 0 Å². The summed E-state index contributed by atoms with van der Waals surface area (Å²) >= 11 is 0. The number of rotatable bonds is 1. The molecule has 0 aromatic rings. The van der Waals surface area contributed by atoms with Gasteiger partial charge in [-0.25, -0.2) is 0 Å². The summed E-state index contributed by atoms with van der Waals surface area (Å²) in [5.41, 5.74) is 4.78. The van der Waals surface area contributed by atoms with Crippen molar-refractivity contribution in [2.24, 2.45) is 5.73 Å². The van der Waals surface area contributed by atoms with Crippen molar-refractivity contribution in [2.75, 3.05) is 13.2 Å². The Morgan fingerprint density at radius 2 is 1.80 bits per heavy atom. The molecule has 0 aliphatic heterocycles. The molecule has 0 fully saturated rings. The number of nitrogens with two attached hydrogens (primary N) is 1. The first-order valence-corrected chi connectivity index (χ1v) is 1.22. The summed E-state index contributed by atoms with van der Waals surface area (Å²) in [5.74, 6) is 0. The maximum absolute atomic E-state index is 7.75. The van der Waals surface area contributed by atoms with E-state index in [0.717, 1.165) is 0 Å². The van der Waals surface area contributed by atoms with Crippen molar-refractivity contribution in [1.82, 2.24) is 0 Å². The molecule has 5 heavy (non-hydrogen) atoms. The Labute approximate surface area is 50.5 Å². The monoisotopic (exact) mass is 270 g/mol. The molecule has 0 bridgehead atoms. The average molecular weight is 270 g/mol. The molecule has 0 heterocycles. The van der Waals surface area contributed by atoms with Gasteiger partial charge in [-0.05, 0) is 0 Å². The minimum absolute atomic E-state index is 0. The van der Waals surface area contributed by atoms with Gasteiger partial charge in [0, 0.05) is 32.7 Å². The van der Waals surface area contributed by atoms with Crippen molar-refractivity contribution in [3.63, 3.8) is 0 Å². The summed E-state index contributed by atoms with van der Waals surface area (Å²) in [7, 11) is 0. The van der Waals surface area contributed by atoms with Gasteiger partial charge < -0.3 is 10.8 Å². The predicted molar refractivity (Wildman–Crippen MR) is 21.9 cm³/mol. The summed E-state index contributed by atoms with van der Waals surface area (Å²) in [5, 5.41) is 7.75. The Hall–Kier alpha value is 0.803. The van der Waals surface area contributed by atoms with Crippen molar-refractivity contribution in [3.05, 3.63) is 0 Å². The number of hydrogen-bond acceptors (Lipinski definition) is 2. The van der Waals surface area contributed by atoms with Crippen molar-refractivity contribution in [2.45, 2.75) is 0 Å². The summed E-state index contributed by atoms with van der Waals surface area (Å²) in [6.07, 6.45) is 0. The van der Waals surface area contributed by atoms with Crippen LogP contribution >= 0.6 is 0 Å². The molecule has 0 saturated heterocycles. The maximum Gasteiger partial charge on any atom is 0.0553 e. The van der Waals surface area contributed by atoms with Crippen LogP contribution in [0, 0.1) is 0 Å². The van der Waals surface area contributed by atoms with E-state index in [1.165, 1.54) is 0 Å². The zero-order valence-electron chi connectivity index (χ0n) is 2.89. The first-order chi connectivity index (χ1) is 1.91. The van der Waals surface area contributed by atoms with Gasteiger partial charge >= 0.3 is 0 Å². The Morgan fingerprint density at radius 1 is 1.60 bits per heavy atom. The Bertz CT molecular complexity index is 11.6. The second-order valence-electron chi connectivity index (χ2n) is 0.512. The van der Waals surface area contributed by atoms with Crippen molar-refractivity contribution < 1.29 is 5.11 Å². The molecule has 2 nitrogen and oxygen atoms in total. The maximum atomic E-state index is 7.75. The number of aliphatic hydroxyl groups excluding tert-OH is 1. The van der Waals surface area contributed by atoms with Crippen molar-refractivity contribution >= 4 is 26.2 Å². The van der Waals surface area contributed by atoms with E-state index in [1.54, 1.807) is 0 Å². The first kappa shape index (κ1) is 9.26. The number of hydrogen-bond donors (Lipinski definition) is 2. The molecule has 0 spiro atoms. The number of aliphatic hydroxyl groups is 1. The second-order valence-corrected chi connectivity index (χ2v) is 0.512. The van der Waals surface area contributed by atoms with Crippen molar-refractivity contribution in [1.29, 1.82) is 0 Å². The minimum atomic E-state index is 0. The molecule has 0 unspecified atom stereocenters. The third kappa shape index (κ3) is 11.6. The van der Waals surface area contributed by atoms with Gasteiger partial charge in [0.1, 0.15) is 0 Å². The smallest absolute Gasteiger partial charge is 0.0553 e. The van der Waals surface area contributed by atoms with Crippen LogP contribution < -0.4 is 5.73 Å². The third-order valence-corrected chi connectivity index (χ3v) is 0.129. The van der Waals surface area contributed by atoms with E-state index in [4.69, 9.17) is 10.8 Å². The summed E-state index contributed by atoms with van der Waals surface area (Å²) in [6.45, 7) is 0.472. The zero-order chi connectivity index (χ0) is 3.41. The van der Waals surface area contributed by atoms with Gasteiger partial charge in [-0.3, -0.25) is 0 Å². The van der Waals surface area contributed by atoms with Crippen LogP contribution in [-0.4, -0.2) is 44.5 Å². The van der Waals surface area contributed by atoms with Gasteiger partial charge in [-0.1, -0.05) is 0 Å². The fraction of sp³-hybridized carbons (Fsp3) is 1.00. The van der Waals surface area contributed by atoms with Crippen LogP contribution in [0.2, 0.25) is 0 Å². The van der Waals surface area contributed by atoms with E-state index in [9.17, 15) is 0 Å². The minimum Gasteiger partial charge on any atom is -0.395 e. The quantitative estimate of drug-likeness (QED) is 0.573. The Balaban J connectivity index is 0. The molecule has 3 N–H and O–H groups in total. The molecular formula is C2H7BiNO. The van der Waals surface area contributed by atoms with Gasteiger partial charge in [0.2, 0.25) is 0 Å². The van der Waals surface area contributed by atoms with Crippen LogP contribution in [-0.2, 0) is 0 Å². The zero-order valence-corrected chi connectivity index (χ0v) is 6.36. The summed E-state index contributed by atoms with van der Waals surface area (Å²) < 4.78 is 0. The average Bonchev–Trinajstić information content (AvgIpc) is 1.37. The van der Waals surface area contributed by atoms with E-state index >= 15 is 0 Å². The molecule has 3 radical (unpaired) electrons. The van der Waals surface area contributed by atoms with Gasteiger partial charge in [-0.15, -0.1) is 0 Å². The fourth-order valence-electron chi connectivity index (χ4n) is 0. The van der Waals surface area contributed by atoms with Crippen LogP contribution in [0.5, 0.6) is 0 Å². The van der Waals surface area contributed by atoms with E-state index in [-0.39, 0.29) is 32.8 Å². The molecule has 0 amide bonds. The van der Waals surface area contributed by atoms with Crippen LogP contribution in [0.4, 0.5) is 0 Å². The van der Waals surface area contributed by atoms with Gasteiger partial charge in [0.25, 0.3) is 0 Å². The molecular weight excluding hydrogens is 263 g/mol. The third-order valence-electron chi connectivity index (χ3n) is 0.129. The van der Waals surface area contributed by atoms with Gasteiger partial charge in [0.15, 0.2) is 0 Å². The SMILES string of the molecule is NCCO.[Bi]. The molecule has 3 heteroatoms.